The molecular weight excluding hydrogens is 221 g/mol. The van der Waals surface area contributed by atoms with Crippen molar-refractivity contribution in [2.24, 2.45) is 0 Å². The summed E-state index contributed by atoms with van der Waals surface area (Å²) in [6, 6.07) is 0. The quantitative estimate of drug-likeness (QED) is 0.610. The number of hydrogen-bond acceptors (Lipinski definition) is 2. The third-order valence-electron chi connectivity index (χ3n) is 2.60. The maximum absolute atomic E-state index is 14.1. The standard InChI is InChI=1S/C13H20FNO2/c1-5-13(14)8-6-7-9-15(10-13)11(16)17-12(2,3)4/h1H,6-10H2,2-4H3. The van der Waals surface area contributed by atoms with Crippen molar-refractivity contribution in [2.75, 3.05) is 13.1 Å². The number of nitrogens with zero attached hydrogens (tertiary/aromatic N) is 1. The highest BCUT2D eigenvalue weighted by Crippen LogP contribution is 2.25. The number of amides is 1. The molecule has 1 saturated heterocycles. The van der Waals surface area contributed by atoms with E-state index in [-0.39, 0.29) is 6.54 Å². The van der Waals surface area contributed by atoms with Crippen molar-refractivity contribution in [3.63, 3.8) is 0 Å². The average molecular weight is 241 g/mol. The van der Waals surface area contributed by atoms with Gasteiger partial charge in [0.1, 0.15) is 5.60 Å². The van der Waals surface area contributed by atoms with Crippen molar-refractivity contribution in [3.8, 4) is 12.3 Å². The second-order valence-electron chi connectivity index (χ2n) is 5.47. The second kappa shape index (κ2) is 4.95. The first-order valence-electron chi connectivity index (χ1n) is 5.90. The monoisotopic (exact) mass is 241 g/mol. The van der Waals surface area contributed by atoms with E-state index < -0.39 is 17.4 Å². The van der Waals surface area contributed by atoms with Crippen LogP contribution in [-0.4, -0.2) is 35.4 Å². The zero-order chi connectivity index (χ0) is 13.1. The van der Waals surface area contributed by atoms with E-state index in [0.717, 1.165) is 6.42 Å². The summed E-state index contributed by atoms with van der Waals surface area (Å²) in [6.07, 6.45) is 6.46. The predicted octanol–water partition coefficient (Wildman–Crippen LogP) is 2.75. The molecule has 0 spiro atoms. The number of likely N-dealkylation sites (tertiary alicyclic amines) is 1. The first-order valence-corrected chi connectivity index (χ1v) is 5.90. The number of halogens is 1. The van der Waals surface area contributed by atoms with Gasteiger partial charge in [0.25, 0.3) is 0 Å². The molecule has 1 aliphatic rings. The van der Waals surface area contributed by atoms with E-state index in [9.17, 15) is 9.18 Å². The molecule has 1 fully saturated rings. The van der Waals surface area contributed by atoms with Gasteiger partial charge in [-0.2, -0.15) is 0 Å². The van der Waals surface area contributed by atoms with Crippen molar-refractivity contribution < 1.29 is 13.9 Å². The van der Waals surface area contributed by atoms with Crippen LogP contribution >= 0.6 is 0 Å². The first-order chi connectivity index (χ1) is 7.76. The molecule has 0 bridgehead atoms. The lowest BCUT2D eigenvalue weighted by molar-refractivity contribution is 0.0186. The molecule has 0 saturated carbocycles. The molecule has 0 aliphatic carbocycles. The Balaban J connectivity index is 2.70. The zero-order valence-corrected chi connectivity index (χ0v) is 10.8. The van der Waals surface area contributed by atoms with Crippen LogP contribution < -0.4 is 0 Å². The Morgan fingerprint density at radius 2 is 2.12 bits per heavy atom. The number of ether oxygens (including phenoxy) is 1. The summed E-state index contributed by atoms with van der Waals surface area (Å²) in [5.41, 5.74) is -2.29. The Kier molecular flexibility index (Phi) is 4.03. The molecule has 1 rings (SSSR count). The van der Waals surface area contributed by atoms with Gasteiger partial charge in [0.2, 0.25) is 0 Å². The zero-order valence-electron chi connectivity index (χ0n) is 10.8. The topological polar surface area (TPSA) is 29.5 Å². The molecular formula is C13H20FNO2. The van der Waals surface area contributed by atoms with E-state index >= 15 is 0 Å². The highest BCUT2D eigenvalue weighted by atomic mass is 19.1. The lowest BCUT2D eigenvalue weighted by Crippen LogP contribution is -2.43. The third kappa shape index (κ3) is 4.26. The Hall–Kier alpha value is -1.24. The van der Waals surface area contributed by atoms with Crippen LogP contribution in [0.5, 0.6) is 0 Å². The fourth-order valence-electron chi connectivity index (χ4n) is 1.77. The third-order valence-corrected chi connectivity index (χ3v) is 2.60. The van der Waals surface area contributed by atoms with Crippen LogP contribution in [0.15, 0.2) is 0 Å². The summed E-state index contributed by atoms with van der Waals surface area (Å²) in [5.74, 6) is 2.15. The van der Waals surface area contributed by atoms with Gasteiger partial charge in [-0.3, -0.25) is 0 Å². The van der Waals surface area contributed by atoms with E-state index in [1.165, 1.54) is 4.90 Å². The van der Waals surface area contributed by atoms with E-state index in [4.69, 9.17) is 11.2 Å². The average Bonchev–Trinajstić information content (AvgIpc) is 2.39. The van der Waals surface area contributed by atoms with Gasteiger partial charge >= 0.3 is 6.09 Å². The number of carbonyl (C=O) groups excluding carboxylic acids is 1. The fraction of sp³-hybridized carbons (Fsp3) is 0.769. The molecule has 1 heterocycles. The Labute approximate surface area is 102 Å². The molecule has 17 heavy (non-hydrogen) atoms. The molecule has 0 N–H and O–H groups in total. The Bertz CT molecular complexity index is 329. The molecule has 4 heteroatoms. The summed E-state index contributed by atoms with van der Waals surface area (Å²) in [5, 5.41) is 0. The fourth-order valence-corrected chi connectivity index (χ4v) is 1.77. The molecule has 0 radical (unpaired) electrons. The molecule has 1 unspecified atom stereocenters. The normalized spacial score (nSPS) is 25.9. The lowest BCUT2D eigenvalue weighted by Gasteiger charge is -2.29. The summed E-state index contributed by atoms with van der Waals surface area (Å²) in [4.78, 5) is 13.2. The predicted molar refractivity (Wildman–Crippen MR) is 64.3 cm³/mol. The Morgan fingerprint density at radius 3 is 2.65 bits per heavy atom. The van der Waals surface area contributed by atoms with Crippen molar-refractivity contribution >= 4 is 6.09 Å². The molecule has 1 atom stereocenters. The van der Waals surface area contributed by atoms with Gasteiger partial charge in [0.05, 0.1) is 6.54 Å². The number of hydrogen-bond donors (Lipinski definition) is 0. The number of alkyl halides is 1. The Morgan fingerprint density at radius 1 is 1.47 bits per heavy atom. The van der Waals surface area contributed by atoms with Gasteiger partial charge < -0.3 is 9.64 Å². The number of terminal acetylenes is 1. The maximum atomic E-state index is 14.1. The first kappa shape index (κ1) is 13.8. The van der Waals surface area contributed by atoms with Crippen LogP contribution in [0.4, 0.5) is 9.18 Å². The molecule has 3 nitrogen and oxygen atoms in total. The minimum Gasteiger partial charge on any atom is -0.444 e. The highest BCUT2D eigenvalue weighted by molar-refractivity contribution is 5.68. The van der Waals surface area contributed by atoms with Crippen LogP contribution in [0.25, 0.3) is 0 Å². The van der Waals surface area contributed by atoms with Gasteiger partial charge in [-0.1, -0.05) is 5.92 Å². The molecule has 0 aromatic rings. The van der Waals surface area contributed by atoms with E-state index in [0.29, 0.717) is 19.4 Å². The van der Waals surface area contributed by atoms with E-state index in [1.807, 2.05) is 0 Å². The molecule has 1 aliphatic heterocycles. The lowest BCUT2D eigenvalue weighted by atomic mass is 10.0. The summed E-state index contributed by atoms with van der Waals surface area (Å²) < 4.78 is 19.3. The van der Waals surface area contributed by atoms with Crippen LogP contribution in [0.1, 0.15) is 40.0 Å². The van der Waals surface area contributed by atoms with E-state index in [2.05, 4.69) is 5.92 Å². The van der Waals surface area contributed by atoms with Crippen LogP contribution in [0.3, 0.4) is 0 Å². The van der Waals surface area contributed by atoms with Crippen LogP contribution in [0, 0.1) is 12.3 Å². The van der Waals surface area contributed by atoms with Gasteiger partial charge in [-0.15, -0.1) is 6.42 Å². The van der Waals surface area contributed by atoms with Gasteiger partial charge in [-0.05, 0) is 40.0 Å². The van der Waals surface area contributed by atoms with Crippen molar-refractivity contribution in [1.29, 1.82) is 0 Å². The summed E-state index contributed by atoms with van der Waals surface area (Å²) in [6.45, 7) is 5.78. The van der Waals surface area contributed by atoms with Gasteiger partial charge in [-0.25, -0.2) is 9.18 Å². The molecule has 0 aromatic heterocycles. The number of carbonyl (C=O) groups is 1. The van der Waals surface area contributed by atoms with Gasteiger partial charge in [0.15, 0.2) is 5.67 Å². The molecule has 1 amide bonds. The smallest absolute Gasteiger partial charge is 0.410 e. The van der Waals surface area contributed by atoms with Crippen molar-refractivity contribution in [1.82, 2.24) is 4.90 Å². The van der Waals surface area contributed by atoms with E-state index in [1.54, 1.807) is 20.8 Å². The van der Waals surface area contributed by atoms with Crippen molar-refractivity contribution in [2.45, 2.75) is 51.3 Å². The maximum Gasteiger partial charge on any atom is 0.410 e. The van der Waals surface area contributed by atoms with Crippen molar-refractivity contribution in [3.05, 3.63) is 0 Å². The minimum atomic E-state index is -1.71. The van der Waals surface area contributed by atoms with Gasteiger partial charge in [0, 0.05) is 6.54 Å². The van der Waals surface area contributed by atoms with Crippen LogP contribution in [0.2, 0.25) is 0 Å². The SMILES string of the molecule is C#CC1(F)CCCCN(C(=O)OC(C)(C)C)C1. The summed E-state index contributed by atoms with van der Waals surface area (Å²) in [7, 11) is 0. The molecule has 96 valence electrons. The largest absolute Gasteiger partial charge is 0.444 e. The second-order valence-corrected chi connectivity index (χ2v) is 5.47. The highest BCUT2D eigenvalue weighted by Gasteiger charge is 2.35. The summed E-state index contributed by atoms with van der Waals surface area (Å²) >= 11 is 0. The number of rotatable bonds is 0. The molecule has 0 aromatic carbocycles. The van der Waals surface area contributed by atoms with Crippen LogP contribution in [-0.2, 0) is 4.74 Å². The minimum absolute atomic E-state index is 0.0710.